The van der Waals surface area contributed by atoms with Gasteiger partial charge in [-0.15, -0.1) is 5.10 Å². The molecule has 0 saturated heterocycles. The maximum Gasteiger partial charge on any atom is 0.416 e. The van der Waals surface area contributed by atoms with Gasteiger partial charge < -0.3 is 15.4 Å². The Balaban J connectivity index is 1.97. The van der Waals surface area contributed by atoms with E-state index >= 15 is 0 Å². The minimum atomic E-state index is -4.35. The molecule has 0 saturated carbocycles. The monoisotopic (exact) mass is 327 g/mol. The Kier molecular flexibility index (Phi) is 5.69. The quantitative estimate of drug-likeness (QED) is 0.762. The van der Waals surface area contributed by atoms with Crippen LogP contribution < -0.4 is 10.6 Å². The van der Waals surface area contributed by atoms with Gasteiger partial charge in [0.1, 0.15) is 0 Å². The first-order chi connectivity index (χ1) is 11.0. The zero-order valence-electron chi connectivity index (χ0n) is 12.4. The molecule has 0 atom stereocenters. The third-order valence-electron chi connectivity index (χ3n) is 2.85. The average Bonchev–Trinajstić information content (AvgIpc) is 2.52. The van der Waals surface area contributed by atoms with E-state index in [1.54, 1.807) is 7.11 Å². The molecule has 1 aromatic carbocycles. The molecule has 0 unspecified atom stereocenters. The van der Waals surface area contributed by atoms with Crippen LogP contribution in [0.2, 0.25) is 0 Å². The SMILES string of the molecule is COCCCNc1nncc(Nc2ccc(C(F)(F)F)cc2)n1. The van der Waals surface area contributed by atoms with Crippen molar-refractivity contribution in [2.24, 2.45) is 0 Å². The molecule has 0 aliphatic heterocycles. The number of aromatic nitrogens is 3. The van der Waals surface area contributed by atoms with E-state index in [-0.39, 0.29) is 0 Å². The van der Waals surface area contributed by atoms with Crippen molar-refractivity contribution < 1.29 is 17.9 Å². The van der Waals surface area contributed by atoms with Gasteiger partial charge in [0.2, 0.25) is 5.95 Å². The van der Waals surface area contributed by atoms with Crippen LogP contribution in [0.1, 0.15) is 12.0 Å². The fourth-order valence-corrected chi connectivity index (χ4v) is 1.75. The number of nitrogens with one attached hydrogen (secondary N) is 2. The zero-order valence-corrected chi connectivity index (χ0v) is 12.4. The number of rotatable bonds is 7. The fourth-order valence-electron chi connectivity index (χ4n) is 1.75. The molecule has 2 N–H and O–H groups in total. The maximum atomic E-state index is 12.5. The van der Waals surface area contributed by atoms with Gasteiger partial charge in [0.25, 0.3) is 0 Å². The highest BCUT2D eigenvalue weighted by atomic mass is 19.4. The second kappa shape index (κ2) is 7.73. The van der Waals surface area contributed by atoms with Gasteiger partial charge >= 0.3 is 6.18 Å². The minimum Gasteiger partial charge on any atom is -0.385 e. The highest BCUT2D eigenvalue weighted by Gasteiger charge is 2.29. The van der Waals surface area contributed by atoms with E-state index in [0.717, 1.165) is 18.6 Å². The van der Waals surface area contributed by atoms with Crippen LogP contribution in [0.3, 0.4) is 0 Å². The van der Waals surface area contributed by atoms with Crippen molar-refractivity contribution >= 4 is 17.5 Å². The van der Waals surface area contributed by atoms with Gasteiger partial charge in [0.05, 0.1) is 11.8 Å². The van der Waals surface area contributed by atoms with Crippen LogP contribution in [0.5, 0.6) is 0 Å². The molecule has 0 fully saturated rings. The summed E-state index contributed by atoms with van der Waals surface area (Å²) in [6, 6.07) is 4.66. The van der Waals surface area contributed by atoms with Gasteiger partial charge in [-0.3, -0.25) is 0 Å². The van der Waals surface area contributed by atoms with Crippen molar-refractivity contribution in [1.82, 2.24) is 15.2 Å². The third-order valence-corrected chi connectivity index (χ3v) is 2.85. The van der Waals surface area contributed by atoms with Gasteiger partial charge in [0.15, 0.2) is 5.82 Å². The van der Waals surface area contributed by atoms with Crippen molar-refractivity contribution in [3.05, 3.63) is 36.0 Å². The first kappa shape index (κ1) is 16.9. The number of benzene rings is 1. The molecule has 0 bridgehead atoms. The number of nitrogens with zero attached hydrogens (tertiary/aromatic N) is 3. The minimum absolute atomic E-state index is 0.331. The zero-order chi connectivity index (χ0) is 16.7. The molecule has 1 aromatic heterocycles. The number of hydrogen-bond acceptors (Lipinski definition) is 6. The summed E-state index contributed by atoms with van der Waals surface area (Å²) in [5, 5.41) is 13.5. The Bertz CT molecular complexity index is 619. The lowest BCUT2D eigenvalue weighted by molar-refractivity contribution is -0.137. The largest absolute Gasteiger partial charge is 0.416 e. The molecule has 1 heterocycles. The lowest BCUT2D eigenvalue weighted by Crippen LogP contribution is -2.09. The van der Waals surface area contributed by atoms with Crippen LogP contribution in [0, 0.1) is 0 Å². The lowest BCUT2D eigenvalue weighted by atomic mass is 10.2. The molecule has 0 spiro atoms. The van der Waals surface area contributed by atoms with Crippen molar-refractivity contribution in [3.63, 3.8) is 0 Å². The van der Waals surface area contributed by atoms with Gasteiger partial charge in [-0.05, 0) is 30.7 Å². The molecular formula is C14H16F3N5O. The Morgan fingerprint density at radius 3 is 2.57 bits per heavy atom. The summed E-state index contributed by atoms with van der Waals surface area (Å²) in [7, 11) is 1.62. The molecule has 2 rings (SSSR count). The summed E-state index contributed by atoms with van der Waals surface area (Å²) < 4.78 is 42.4. The van der Waals surface area contributed by atoms with Crippen LogP contribution >= 0.6 is 0 Å². The predicted molar refractivity (Wildman–Crippen MR) is 79.5 cm³/mol. The molecule has 0 radical (unpaired) electrons. The number of anilines is 3. The second-order valence-corrected chi connectivity index (χ2v) is 4.64. The normalized spacial score (nSPS) is 11.3. The summed E-state index contributed by atoms with van der Waals surface area (Å²) in [4.78, 5) is 4.18. The van der Waals surface area contributed by atoms with E-state index in [1.807, 2.05) is 0 Å². The number of methoxy groups -OCH3 is 1. The molecule has 0 amide bonds. The lowest BCUT2D eigenvalue weighted by Gasteiger charge is -2.09. The molecule has 9 heteroatoms. The van der Waals surface area contributed by atoms with Gasteiger partial charge in [-0.2, -0.15) is 23.3 Å². The summed E-state index contributed by atoms with van der Waals surface area (Å²) in [5.41, 5.74) is -0.229. The van der Waals surface area contributed by atoms with Crippen LogP contribution in [0.4, 0.5) is 30.6 Å². The topological polar surface area (TPSA) is 72.0 Å². The van der Waals surface area contributed by atoms with Crippen LogP contribution in [-0.2, 0) is 10.9 Å². The maximum absolute atomic E-state index is 12.5. The van der Waals surface area contributed by atoms with E-state index in [1.165, 1.54) is 18.3 Å². The van der Waals surface area contributed by atoms with Crippen molar-refractivity contribution in [1.29, 1.82) is 0 Å². The summed E-state index contributed by atoms with van der Waals surface area (Å²) in [6.07, 6.45) is -2.18. The Labute approximate surface area is 131 Å². The molecule has 23 heavy (non-hydrogen) atoms. The van der Waals surface area contributed by atoms with E-state index < -0.39 is 11.7 Å². The second-order valence-electron chi connectivity index (χ2n) is 4.64. The summed E-state index contributed by atoms with van der Waals surface area (Å²) >= 11 is 0. The molecule has 124 valence electrons. The summed E-state index contributed by atoms with van der Waals surface area (Å²) in [5.74, 6) is 0.715. The molecule has 0 aliphatic rings. The Morgan fingerprint density at radius 2 is 1.91 bits per heavy atom. The predicted octanol–water partition coefficient (Wildman–Crippen LogP) is 3.08. The summed E-state index contributed by atoms with van der Waals surface area (Å²) in [6.45, 7) is 1.24. The molecule has 2 aromatic rings. The first-order valence-corrected chi connectivity index (χ1v) is 6.86. The number of ether oxygens (including phenoxy) is 1. The Hall–Kier alpha value is -2.42. The van der Waals surface area contributed by atoms with Gasteiger partial charge in [-0.1, -0.05) is 0 Å². The molecule has 0 aliphatic carbocycles. The van der Waals surface area contributed by atoms with Crippen LogP contribution in [0.25, 0.3) is 0 Å². The van der Waals surface area contributed by atoms with Crippen molar-refractivity contribution in [3.8, 4) is 0 Å². The molecule has 6 nitrogen and oxygen atoms in total. The number of alkyl halides is 3. The van der Waals surface area contributed by atoms with Crippen molar-refractivity contribution in [2.45, 2.75) is 12.6 Å². The van der Waals surface area contributed by atoms with Crippen LogP contribution in [-0.4, -0.2) is 35.4 Å². The highest BCUT2D eigenvalue weighted by Crippen LogP contribution is 2.30. The highest BCUT2D eigenvalue weighted by molar-refractivity contribution is 5.56. The van der Waals surface area contributed by atoms with Gasteiger partial charge in [-0.25, -0.2) is 0 Å². The van der Waals surface area contributed by atoms with E-state index in [9.17, 15) is 13.2 Å². The average molecular weight is 327 g/mol. The number of halogens is 3. The third kappa shape index (κ3) is 5.37. The smallest absolute Gasteiger partial charge is 0.385 e. The van der Waals surface area contributed by atoms with E-state index in [0.29, 0.717) is 30.6 Å². The Morgan fingerprint density at radius 1 is 1.17 bits per heavy atom. The van der Waals surface area contributed by atoms with Gasteiger partial charge in [0, 0.05) is 25.9 Å². The van der Waals surface area contributed by atoms with E-state index in [2.05, 4.69) is 25.8 Å². The van der Waals surface area contributed by atoms with E-state index in [4.69, 9.17) is 4.74 Å². The standard InChI is InChI=1S/C14H16F3N5O/c1-23-8-2-7-18-13-21-12(9-19-22-13)20-11-5-3-10(4-6-11)14(15,16)17/h3-6,9H,2,7-8H2,1H3,(H2,18,20,21,22). The van der Waals surface area contributed by atoms with Crippen LogP contribution in [0.15, 0.2) is 30.5 Å². The van der Waals surface area contributed by atoms with Crippen molar-refractivity contribution in [2.75, 3.05) is 30.9 Å². The fraction of sp³-hybridized carbons (Fsp3) is 0.357. The first-order valence-electron chi connectivity index (χ1n) is 6.86. The number of hydrogen-bond donors (Lipinski definition) is 2. The molecular weight excluding hydrogens is 311 g/mol.